The van der Waals surface area contributed by atoms with Crippen molar-refractivity contribution in [2.45, 2.75) is 34.3 Å². The molecule has 0 unspecified atom stereocenters. The lowest BCUT2D eigenvalue weighted by molar-refractivity contribution is -0.432. The molecule has 1 heterocycles. The molecule has 0 saturated heterocycles. The number of phenolic OH excluding ortho intramolecular Hbond substituents is 2. The molecule has 0 atom stereocenters. The topological polar surface area (TPSA) is 692 Å². The Balaban J connectivity index is 1.28. The number of nitrogen functional groups attached to an aromatic ring is 1. The molecule has 1 aromatic heterocycles. The minimum absolute atomic E-state index is 0.0516. The van der Waals surface area contributed by atoms with Crippen molar-refractivity contribution < 1.29 is 128 Å². The molecule has 0 saturated carbocycles. The summed E-state index contributed by atoms with van der Waals surface area (Å²) in [7, 11) is -33.0. The fourth-order valence-electron chi connectivity index (χ4n) is 8.00. The van der Waals surface area contributed by atoms with Crippen molar-refractivity contribution in [3.05, 3.63) is 111 Å². The van der Waals surface area contributed by atoms with Crippen LogP contribution < -0.4 is 5.73 Å². The number of nitro groups is 2. The number of phenols is 2. The van der Waals surface area contributed by atoms with Gasteiger partial charge in [-0.15, -0.1) is 45.2 Å². The molecule has 0 fully saturated rings. The molecule has 92 heavy (non-hydrogen) atoms. The minimum Gasteiger partial charge on any atom is -0.505 e. The van der Waals surface area contributed by atoms with E-state index >= 15 is 0 Å². The number of aromatic carboxylic acids is 1. The van der Waals surface area contributed by atoms with Gasteiger partial charge in [0, 0.05) is 40.4 Å². The van der Waals surface area contributed by atoms with Gasteiger partial charge in [0.1, 0.15) is 58.6 Å². The lowest BCUT2D eigenvalue weighted by atomic mass is 10.0. The number of aromatic hydroxyl groups is 3. The Hall–Kier alpha value is -10.2. The number of azo groups is 4. The maximum Gasteiger partial charge on any atom is 0.358 e. The third kappa shape index (κ3) is 13.8. The molecule has 50 heteroatoms. The molecular weight excluding hydrogens is 1390 g/mol. The van der Waals surface area contributed by atoms with Crippen molar-refractivity contribution >= 4 is 163 Å². The summed E-state index contributed by atoms with van der Waals surface area (Å²) >= 11 is -0.0780. The second-order valence-corrected chi connectivity index (χ2v) is 26.5. The molecule has 13 N–H and O–H groups in total. The van der Waals surface area contributed by atoms with E-state index < -0.39 is 218 Å². The van der Waals surface area contributed by atoms with E-state index in [1.807, 2.05) is 0 Å². The van der Waals surface area contributed by atoms with Crippen LogP contribution in [-0.2, 0) is 70.1 Å². The summed E-state index contributed by atoms with van der Waals surface area (Å²) in [6, 6.07) is 8.04. The Morgan fingerprint density at radius 3 is 1.63 bits per heavy atom. The minimum atomic E-state index is -5.89. The van der Waals surface area contributed by atoms with Crippen LogP contribution in [-0.4, -0.2) is 129 Å². The van der Waals surface area contributed by atoms with E-state index in [-0.39, 0.29) is 35.9 Å². The average Bonchev–Trinajstić information content (AvgIpc) is 0.945. The molecular formula is C42H27N13O30S7. The summed E-state index contributed by atoms with van der Waals surface area (Å²) in [5.74, 6) is -5.99. The number of nitro benzene ring substituents is 2. The van der Waals surface area contributed by atoms with Crippen LogP contribution in [0.2, 0.25) is 0 Å². The number of carboxylic acid groups (broad SMARTS) is 1. The first-order chi connectivity index (χ1) is 42.5. The number of nitrogens with two attached hydrogens (primary N) is 1. The molecule has 0 spiro atoms. The molecule has 0 aliphatic carbocycles. The van der Waals surface area contributed by atoms with Crippen LogP contribution in [0.1, 0.15) is 10.5 Å². The molecule has 8 aromatic rings. The molecule has 0 radical (unpaired) electrons. The van der Waals surface area contributed by atoms with Gasteiger partial charge in [-0.2, -0.15) is 60.3 Å². The largest absolute Gasteiger partial charge is 0.505 e. The first-order valence-electron chi connectivity index (χ1n) is 22.9. The molecule has 0 aliphatic rings. The number of benzene rings is 7. The Morgan fingerprint density at radius 1 is 0.533 bits per heavy atom. The van der Waals surface area contributed by atoms with Gasteiger partial charge in [-0.3, -0.25) is 47.5 Å². The molecule has 7 aromatic carbocycles. The lowest BCUT2D eigenvalue weighted by Gasteiger charge is -2.15. The molecule has 43 nitrogen and oxygen atoms in total. The highest BCUT2D eigenvalue weighted by atomic mass is 32.2. The van der Waals surface area contributed by atoms with Gasteiger partial charge in [-0.05, 0) is 60.7 Å². The number of rotatable bonds is 21. The van der Waals surface area contributed by atoms with Crippen molar-refractivity contribution in [3.63, 3.8) is 0 Å². The van der Waals surface area contributed by atoms with Crippen LogP contribution in [0.3, 0.4) is 0 Å². The van der Waals surface area contributed by atoms with Crippen LogP contribution in [0.15, 0.2) is 160 Å². The predicted octanol–water partition coefficient (Wildman–Crippen LogP) is 7.96. The van der Waals surface area contributed by atoms with Crippen molar-refractivity contribution in [3.8, 4) is 23.1 Å². The van der Waals surface area contributed by atoms with Crippen molar-refractivity contribution in [2.24, 2.45) is 40.9 Å². The number of carbonyl (C=O) groups is 1. The zero-order valence-electron chi connectivity index (χ0n) is 43.6. The van der Waals surface area contributed by atoms with Gasteiger partial charge in [-0.25, -0.2) is 10.1 Å². The van der Waals surface area contributed by atoms with E-state index in [1.54, 1.807) is 0 Å². The Morgan fingerprint density at radius 2 is 1.08 bits per heavy atom. The molecule has 482 valence electrons. The van der Waals surface area contributed by atoms with Crippen LogP contribution in [0.25, 0.3) is 27.2 Å². The van der Waals surface area contributed by atoms with Crippen LogP contribution in [0.5, 0.6) is 17.4 Å². The zero-order valence-corrected chi connectivity index (χ0v) is 49.3. The fourth-order valence-corrected chi connectivity index (χ4v) is 12.4. The second-order valence-electron chi connectivity index (χ2n) is 17.5. The maximum atomic E-state index is 13.2. The second kappa shape index (κ2) is 24.6. The van der Waals surface area contributed by atoms with Gasteiger partial charge in [-0.1, -0.05) is 5.04 Å². The summed E-state index contributed by atoms with van der Waals surface area (Å²) in [6.07, 6.45) is 0. The standard InChI is InChI=1S/C42H27N13O30S7/c43-33-25(13-28(88(69,70)71)20-10-27(86-85-84-65)34(39(57)32(20)33)49-44-21-7-3-16(54(61)62)9-29(21)89(72,73)74)48-45-22-8-6-18-19(40(22)92(81,82)83)11-31(91(78,79)80)35(38(18)56)50-46-23-12-24(30(90(75,76)77)14-26(23)55(63)64)47-51-36-37(42(59)60)52-53(41(36)58)15-1-4-17(5-2-15)87(66,67)68/h1-14,56-58,65H,43H2,(H,59,60)(H,66,67,68)(H,69,70,71)(H,72,73,74)(H,75,76,77)(H,78,79,80)(H,81,82,83). The van der Waals surface area contributed by atoms with Gasteiger partial charge in [0.15, 0.2) is 22.9 Å². The maximum absolute atomic E-state index is 13.2. The van der Waals surface area contributed by atoms with Crippen molar-refractivity contribution in [1.82, 2.24) is 9.78 Å². The number of anilines is 1. The van der Waals surface area contributed by atoms with Crippen LogP contribution in [0.4, 0.5) is 62.6 Å². The van der Waals surface area contributed by atoms with Crippen molar-refractivity contribution in [1.29, 1.82) is 0 Å². The summed E-state index contributed by atoms with van der Waals surface area (Å²) in [6.45, 7) is 0. The van der Waals surface area contributed by atoms with Gasteiger partial charge in [0.25, 0.3) is 72.1 Å². The molecule has 0 amide bonds. The summed E-state index contributed by atoms with van der Waals surface area (Å²) < 4.78 is 216. The number of fused-ring (bicyclic) bond motifs is 2. The number of non-ortho nitro benzene ring substituents is 1. The number of carboxylic acids is 1. The Labute approximate surface area is 512 Å². The average molecular weight is 1420 g/mol. The smallest absolute Gasteiger partial charge is 0.358 e. The van der Waals surface area contributed by atoms with E-state index in [9.17, 15) is 123 Å². The van der Waals surface area contributed by atoms with E-state index in [0.717, 1.165) is 24.3 Å². The number of hydrogen-bond donors (Lipinski definition) is 12. The zero-order chi connectivity index (χ0) is 68.3. The number of hydrogen-bond acceptors (Lipinski definition) is 34. The summed E-state index contributed by atoms with van der Waals surface area (Å²) in [4.78, 5) is 24.9. The van der Waals surface area contributed by atoms with E-state index in [1.165, 1.54) is 0 Å². The quantitative estimate of drug-likeness (QED) is 0.00617. The third-order valence-corrected chi connectivity index (χ3v) is 17.8. The van der Waals surface area contributed by atoms with Crippen LogP contribution >= 0.6 is 12.0 Å². The fraction of sp³-hybridized carbons (Fsp3) is 0. The van der Waals surface area contributed by atoms with Gasteiger partial charge in [0.2, 0.25) is 11.6 Å². The van der Waals surface area contributed by atoms with E-state index in [4.69, 9.17) is 11.0 Å². The summed E-state index contributed by atoms with van der Waals surface area (Å²) in [5, 5.41) is 108. The number of aromatic nitrogens is 2. The highest BCUT2D eigenvalue weighted by molar-refractivity contribution is 7.94. The van der Waals surface area contributed by atoms with Crippen molar-refractivity contribution in [2.75, 3.05) is 5.73 Å². The van der Waals surface area contributed by atoms with Gasteiger partial charge in [0.05, 0.1) is 48.4 Å². The molecule has 0 aliphatic heterocycles. The predicted molar refractivity (Wildman–Crippen MR) is 300 cm³/mol. The summed E-state index contributed by atoms with van der Waals surface area (Å²) in [5.41, 5.74) is -7.20. The van der Waals surface area contributed by atoms with E-state index in [0.29, 0.717) is 47.1 Å². The third-order valence-electron chi connectivity index (χ3n) is 11.9. The Kier molecular flexibility index (Phi) is 18.1. The Bertz CT molecular complexity index is 5420. The number of nitrogens with zero attached hydrogens (tertiary/aromatic N) is 12. The van der Waals surface area contributed by atoms with Gasteiger partial charge >= 0.3 is 5.97 Å². The van der Waals surface area contributed by atoms with Gasteiger partial charge < -0.3 is 26.2 Å². The highest BCUT2D eigenvalue weighted by Crippen LogP contribution is 2.52. The first kappa shape index (κ1) is 67.8. The normalized spacial score (nSPS) is 13.0. The first-order valence-corrected chi connectivity index (χ1v) is 32.3. The van der Waals surface area contributed by atoms with E-state index in [2.05, 4.69) is 55.4 Å². The molecule has 8 rings (SSSR count). The highest BCUT2D eigenvalue weighted by Gasteiger charge is 2.32. The lowest BCUT2D eigenvalue weighted by Crippen LogP contribution is -2.03. The molecule has 0 bridgehead atoms. The van der Waals surface area contributed by atoms with Crippen LogP contribution in [0, 0.1) is 20.2 Å². The SMILES string of the molecule is Nc1c(N=Nc2ccc3c(O)c(N=Nc4cc(N=Nc5c(C(=O)O)nn(-c6ccc(S(=O)(=O)O)cc6)c5O)c(S(=O)(=O)O)cc4[N+](=O)[O-])c(S(=O)(=O)O)cc3c2S(=O)(=O)O)cc(S(=O)(=O)O)c2cc(SOOO)c(N=Nc3ccc([N+](=O)[O-])cc3S(=O)(=O)O)c(O)c12. The monoisotopic (exact) mass is 1420 g/mol.